The number of nitrogens with zero attached hydrogens (tertiary/aromatic N) is 3. The molecule has 0 spiro atoms. The standard InChI is InChI=1S/C62H57N3/c1-8-59-53(50-21-15-16-22-52(50)61-35-41(2)31-34-65(59)61)28-27-44-25-26-47(37-55(44)60-38-48(62(4,5)6)32-33-64(60)7)49-29-30-51(54-36-46(24-23-42(54)3)43-17-11-9-12-18-43)57-40-63-58(39-56(49)57)45-19-13-10-14-20-45/h8-26,29-40,53,59H,1,27-28H2,2-7H3/q+2. The minimum absolute atomic E-state index is 0.00441. The molecule has 2 unspecified atom stereocenters. The van der Waals surface area contributed by atoms with Crippen LogP contribution in [0.2, 0.25) is 0 Å². The van der Waals surface area contributed by atoms with Gasteiger partial charge in [-0.1, -0.05) is 143 Å². The summed E-state index contributed by atoms with van der Waals surface area (Å²) in [6, 6.07) is 60.6. The van der Waals surface area contributed by atoms with Crippen molar-refractivity contribution in [3.63, 3.8) is 0 Å². The first-order valence-electron chi connectivity index (χ1n) is 23.1. The second kappa shape index (κ2) is 17.0. The van der Waals surface area contributed by atoms with Crippen LogP contribution in [0.5, 0.6) is 0 Å². The quantitative estimate of drug-likeness (QED) is 0.105. The van der Waals surface area contributed by atoms with Gasteiger partial charge in [0.15, 0.2) is 18.4 Å². The summed E-state index contributed by atoms with van der Waals surface area (Å²) in [4.78, 5) is 5.14. The zero-order valence-corrected chi connectivity index (χ0v) is 38.5. The first kappa shape index (κ1) is 41.8. The number of fused-ring (bicyclic) bond motifs is 4. The summed E-state index contributed by atoms with van der Waals surface area (Å²) in [6.07, 6.45) is 10.6. The van der Waals surface area contributed by atoms with E-state index in [-0.39, 0.29) is 17.4 Å². The molecule has 0 bridgehead atoms. The molecule has 2 atom stereocenters. The second-order valence-corrected chi connectivity index (χ2v) is 19.0. The Labute approximate surface area is 385 Å². The van der Waals surface area contributed by atoms with Crippen molar-refractivity contribution in [2.24, 2.45) is 7.05 Å². The Bertz CT molecular complexity index is 3250. The molecule has 4 heterocycles. The van der Waals surface area contributed by atoms with Crippen LogP contribution in [0.25, 0.3) is 77.9 Å². The van der Waals surface area contributed by atoms with Crippen molar-refractivity contribution in [3.8, 4) is 67.2 Å². The fourth-order valence-electron chi connectivity index (χ4n) is 10.2. The van der Waals surface area contributed by atoms with Crippen LogP contribution in [-0.2, 0) is 18.9 Å². The molecule has 0 fully saturated rings. The van der Waals surface area contributed by atoms with E-state index in [1.54, 1.807) is 0 Å². The molecule has 0 N–H and O–H groups in total. The first-order valence-corrected chi connectivity index (χ1v) is 23.1. The number of hydrogen-bond donors (Lipinski definition) is 0. The van der Waals surface area contributed by atoms with E-state index in [9.17, 15) is 0 Å². The molecule has 0 saturated heterocycles. The predicted molar refractivity (Wildman–Crippen MR) is 271 cm³/mol. The Morgan fingerprint density at radius 1 is 0.585 bits per heavy atom. The molecule has 1 aliphatic heterocycles. The van der Waals surface area contributed by atoms with E-state index in [4.69, 9.17) is 4.98 Å². The lowest BCUT2D eigenvalue weighted by atomic mass is 9.79. The number of aryl methyl sites for hydroxylation is 4. The Morgan fingerprint density at radius 2 is 1.29 bits per heavy atom. The van der Waals surface area contributed by atoms with E-state index < -0.39 is 0 Å². The molecule has 6 aromatic carbocycles. The third-order valence-corrected chi connectivity index (χ3v) is 13.8. The highest BCUT2D eigenvalue weighted by molar-refractivity contribution is 6.06. The van der Waals surface area contributed by atoms with Gasteiger partial charge in [-0.2, -0.15) is 4.57 Å². The fourth-order valence-corrected chi connectivity index (χ4v) is 10.2. The molecule has 0 amide bonds. The summed E-state index contributed by atoms with van der Waals surface area (Å²) in [5.41, 5.74) is 20.9. The maximum atomic E-state index is 5.14. The molecular weight excluding hydrogens is 787 g/mol. The number of benzene rings is 6. The monoisotopic (exact) mass is 843 g/mol. The first-order chi connectivity index (χ1) is 31.6. The Kier molecular flexibility index (Phi) is 11.0. The smallest absolute Gasteiger partial charge is 0.213 e. The van der Waals surface area contributed by atoms with Crippen LogP contribution in [0.4, 0.5) is 0 Å². The lowest BCUT2D eigenvalue weighted by molar-refractivity contribution is -0.707. The number of pyridine rings is 3. The Morgan fingerprint density at radius 3 is 2.06 bits per heavy atom. The third-order valence-electron chi connectivity index (χ3n) is 13.8. The molecule has 3 heteroatoms. The molecule has 1 aliphatic rings. The Balaban J connectivity index is 1.13. The van der Waals surface area contributed by atoms with Crippen LogP contribution < -0.4 is 9.13 Å². The SMILES string of the molecule is C=CC1C(CCc2ccc(-c3ccc(-c4cc(-c5ccccc5)ccc4C)c4cnc(-c5ccccc5)cc34)cc2-c2cc(C(C)(C)C)cc[n+]2C)c2ccccc2-c2cc(C)cc[n+]21. The highest BCUT2D eigenvalue weighted by Crippen LogP contribution is 2.44. The summed E-state index contributed by atoms with van der Waals surface area (Å²) in [5.74, 6) is 0.273. The van der Waals surface area contributed by atoms with Gasteiger partial charge in [-0.05, 0) is 129 Å². The van der Waals surface area contributed by atoms with E-state index in [1.807, 2.05) is 0 Å². The van der Waals surface area contributed by atoms with Gasteiger partial charge in [-0.15, -0.1) is 0 Å². The van der Waals surface area contributed by atoms with Gasteiger partial charge in [0.05, 0.1) is 11.6 Å². The second-order valence-electron chi connectivity index (χ2n) is 19.0. The molecule has 3 nitrogen and oxygen atoms in total. The van der Waals surface area contributed by atoms with Gasteiger partial charge in [0.2, 0.25) is 11.4 Å². The lowest BCUT2D eigenvalue weighted by Gasteiger charge is -2.29. The highest BCUT2D eigenvalue weighted by atomic mass is 15.0. The van der Waals surface area contributed by atoms with Gasteiger partial charge in [-0.3, -0.25) is 4.98 Å². The van der Waals surface area contributed by atoms with E-state index in [2.05, 4.69) is 246 Å². The molecule has 0 aliphatic carbocycles. The zero-order chi connectivity index (χ0) is 44.8. The van der Waals surface area contributed by atoms with Crippen LogP contribution in [0.1, 0.15) is 67.0 Å². The normalized spacial score (nSPS) is 14.5. The Hall–Kier alpha value is -7.23. The average molecular weight is 844 g/mol. The van der Waals surface area contributed by atoms with Crippen LogP contribution in [0.3, 0.4) is 0 Å². The maximum absolute atomic E-state index is 5.14. The van der Waals surface area contributed by atoms with E-state index in [1.165, 1.54) is 89.1 Å². The van der Waals surface area contributed by atoms with E-state index in [0.717, 1.165) is 29.5 Å². The van der Waals surface area contributed by atoms with Crippen molar-refractivity contribution in [2.45, 2.75) is 64.8 Å². The van der Waals surface area contributed by atoms with Crippen molar-refractivity contribution in [1.82, 2.24) is 4.98 Å². The van der Waals surface area contributed by atoms with Gasteiger partial charge >= 0.3 is 0 Å². The minimum Gasteiger partial charge on any atom is -0.256 e. The third kappa shape index (κ3) is 7.91. The highest BCUT2D eigenvalue weighted by Gasteiger charge is 2.38. The van der Waals surface area contributed by atoms with Gasteiger partial charge in [-0.25, -0.2) is 4.57 Å². The fraction of sp³-hybridized carbons (Fsp3) is 0.177. The summed E-state index contributed by atoms with van der Waals surface area (Å²) in [7, 11) is 2.19. The molecular formula is C62H57N3+2. The largest absolute Gasteiger partial charge is 0.256 e. The van der Waals surface area contributed by atoms with Crippen molar-refractivity contribution in [3.05, 3.63) is 223 Å². The molecule has 318 valence electrons. The topological polar surface area (TPSA) is 20.6 Å². The van der Waals surface area contributed by atoms with E-state index >= 15 is 0 Å². The van der Waals surface area contributed by atoms with Crippen LogP contribution in [0, 0.1) is 13.8 Å². The number of aromatic nitrogens is 3. The zero-order valence-electron chi connectivity index (χ0n) is 38.5. The summed E-state index contributed by atoms with van der Waals surface area (Å²) >= 11 is 0. The summed E-state index contributed by atoms with van der Waals surface area (Å²) < 4.78 is 4.74. The van der Waals surface area contributed by atoms with Crippen molar-refractivity contribution in [2.75, 3.05) is 0 Å². The molecule has 0 saturated carbocycles. The average Bonchev–Trinajstić information content (AvgIpc) is 3.33. The number of hydrogen-bond acceptors (Lipinski definition) is 1. The van der Waals surface area contributed by atoms with Gasteiger partial charge in [0, 0.05) is 52.5 Å². The van der Waals surface area contributed by atoms with Crippen LogP contribution >= 0.6 is 0 Å². The minimum atomic E-state index is -0.00441. The van der Waals surface area contributed by atoms with Gasteiger partial charge in [0.25, 0.3) is 0 Å². The lowest BCUT2D eigenvalue weighted by Crippen LogP contribution is -2.46. The van der Waals surface area contributed by atoms with E-state index in [0.29, 0.717) is 0 Å². The van der Waals surface area contributed by atoms with Gasteiger partial charge in [0.1, 0.15) is 7.05 Å². The summed E-state index contributed by atoms with van der Waals surface area (Å²) in [5, 5.41) is 2.33. The molecule has 10 rings (SSSR count). The molecule has 0 radical (unpaired) electrons. The van der Waals surface area contributed by atoms with Crippen LogP contribution in [-0.4, -0.2) is 4.98 Å². The van der Waals surface area contributed by atoms with Crippen molar-refractivity contribution in [1.29, 1.82) is 0 Å². The van der Waals surface area contributed by atoms with Gasteiger partial charge < -0.3 is 0 Å². The van der Waals surface area contributed by atoms with Crippen LogP contribution in [0.15, 0.2) is 195 Å². The molecule has 3 aromatic heterocycles. The molecule has 9 aromatic rings. The maximum Gasteiger partial charge on any atom is 0.213 e. The summed E-state index contributed by atoms with van der Waals surface area (Å²) in [6.45, 7) is 15.7. The van der Waals surface area contributed by atoms with Crippen molar-refractivity contribution >= 4 is 10.8 Å². The predicted octanol–water partition coefficient (Wildman–Crippen LogP) is 14.7. The molecule has 65 heavy (non-hydrogen) atoms. The number of rotatable bonds is 9. The van der Waals surface area contributed by atoms with Crippen molar-refractivity contribution < 1.29 is 9.13 Å². The number of allylic oxidation sites excluding steroid dienone is 1.